The van der Waals surface area contributed by atoms with Crippen LogP contribution < -0.4 is 4.90 Å². The zero-order valence-electron chi connectivity index (χ0n) is 7.65. The van der Waals surface area contributed by atoms with Gasteiger partial charge in [0.1, 0.15) is 5.82 Å². The minimum atomic E-state index is 0.874. The summed E-state index contributed by atoms with van der Waals surface area (Å²) in [6, 6.07) is 8.56. The molecule has 0 spiro atoms. The molecule has 1 aromatic heterocycles. The minimum absolute atomic E-state index is 0.874. The Balaban J connectivity index is 2.62. The molecular formula is C10H10N3. The fourth-order valence-electron chi connectivity index (χ4n) is 1.11. The quantitative estimate of drug-likeness (QED) is 0.652. The third-order valence-electron chi connectivity index (χ3n) is 1.83. The summed E-state index contributed by atoms with van der Waals surface area (Å²) < 4.78 is 0. The standard InChI is InChI=1S/C10H10N3/c1-13(2)10-7-11-8-5-3-4-6-9(8)12-10/h4-7H,1-2H3. The number of rotatable bonds is 1. The van der Waals surface area contributed by atoms with Gasteiger partial charge >= 0.3 is 0 Å². The Kier molecular flexibility index (Phi) is 1.85. The highest BCUT2D eigenvalue weighted by atomic mass is 15.1. The lowest BCUT2D eigenvalue weighted by atomic mass is 10.3. The highest BCUT2D eigenvalue weighted by Crippen LogP contribution is 2.12. The molecule has 1 radical (unpaired) electrons. The van der Waals surface area contributed by atoms with E-state index in [-0.39, 0.29) is 0 Å². The monoisotopic (exact) mass is 172 g/mol. The van der Waals surface area contributed by atoms with E-state index < -0.39 is 0 Å². The fourth-order valence-corrected chi connectivity index (χ4v) is 1.11. The molecule has 0 unspecified atom stereocenters. The van der Waals surface area contributed by atoms with Crippen molar-refractivity contribution >= 4 is 16.9 Å². The number of benzene rings is 1. The van der Waals surface area contributed by atoms with Crippen molar-refractivity contribution < 1.29 is 0 Å². The van der Waals surface area contributed by atoms with Gasteiger partial charge in [0.15, 0.2) is 0 Å². The van der Waals surface area contributed by atoms with Crippen LogP contribution in [0.15, 0.2) is 24.4 Å². The summed E-state index contributed by atoms with van der Waals surface area (Å²) in [6.45, 7) is 0. The molecule has 2 rings (SSSR count). The highest BCUT2D eigenvalue weighted by molar-refractivity contribution is 5.75. The van der Waals surface area contributed by atoms with E-state index in [1.807, 2.05) is 37.2 Å². The van der Waals surface area contributed by atoms with Crippen LogP contribution in [0.3, 0.4) is 0 Å². The first-order valence-electron chi connectivity index (χ1n) is 4.07. The molecule has 1 aromatic carbocycles. The number of anilines is 1. The molecule has 0 fully saturated rings. The van der Waals surface area contributed by atoms with Crippen molar-refractivity contribution in [2.45, 2.75) is 0 Å². The fraction of sp³-hybridized carbons (Fsp3) is 0.200. The lowest BCUT2D eigenvalue weighted by Gasteiger charge is -2.10. The normalized spacial score (nSPS) is 10.3. The lowest BCUT2D eigenvalue weighted by molar-refractivity contribution is 1.06. The van der Waals surface area contributed by atoms with E-state index in [1.165, 1.54) is 0 Å². The van der Waals surface area contributed by atoms with Crippen molar-refractivity contribution in [3.63, 3.8) is 0 Å². The summed E-state index contributed by atoms with van der Waals surface area (Å²) >= 11 is 0. The molecule has 0 aliphatic carbocycles. The second-order valence-electron chi connectivity index (χ2n) is 3.04. The zero-order valence-corrected chi connectivity index (χ0v) is 7.65. The van der Waals surface area contributed by atoms with E-state index in [0.29, 0.717) is 0 Å². The largest absolute Gasteiger partial charge is 0.361 e. The van der Waals surface area contributed by atoms with Gasteiger partial charge in [0.2, 0.25) is 0 Å². The molecule has 0 amide bonds. The van der Waals surface area contributed by atoms with Crippen molar-refractivity contribution in [1.82, 2.24) is 9.97 Å². The molecule has 0 aliphatic rings. The van der Waals surface area contributed by atoms with E-state index in [0.717, 1.165) is 16.9 Å². The molecule has 1 heterocycles. The maximum Gasteiger partial charge on any atom is 0.147 e. The topological polar surface area (TPSA) is 29.0 Å². The van der Waals surface area contributed by atoms with Crippen LogP contribution in [0.5, 0.6) is 0 Å². The molecule has 0 bridgehead atoms. The summed E-state index contributed by atoms with van der Waals surface area (Å²) in [5.74, 6) is 0.874. The second kappa shape index (κ2) is 3.01. The molecule has 0 atom stereocenters. The molecule has 2 aromatic rings. The lowest BCUT2D eigenvalue weighted by Crippen LogP contribution is -2.10. The molecule has 3 nitrogen and oxygen atoms in total. The Hall–Kier alpha value is -1.64. The predicted molar refractivity (Wildman–Crippen MR) is 52.7 cm³/mol. The first kappa shape index (κ1) is 7.98. The van der Waals surface area contributed by atoms with Crippen LogP contribution in [0.1, 0.15) is 0 Å². The third-order valence-corrected chi connectivity index (χ3v) is 1.83. The summed E-state index contributed by atoms with van der Waals surface area (Å²) in [5.41, 5.74) is 1.79. The van der Waals surface area contributed by atoms with E-state index in [1.54, 1.807) is 6.20 Å². The van der Waals surface area contributed by atoms with Gasteiger partial charge in [-0.3, -0.25) is 4.98 Å². The molecule has 0 N–H and O–H groups in total. The summed E-state index contributed by atoms with van der Waals surface area (Å²) in [7, 11) is 3.90. The van der Waals surface area contributed by atoms with Crippen molar-refractivity contribution in [2.75, 3.05) is 19.0 Å². The van der Waals surface area contributed by atoms with Gasteiger partial charge < -0.3 is 4.90 Å². The maximum atomic E-state index is 4.42. The van der Waals surface area contributed by atoms with Crippen molar-refractivity contribution in [3.05, 3.63) is 30.5 Å². The Morgan fingerprint density at radius 2 is 2.15 bits per heavy atom. The first-order chi connectivity index (χ1) is 6.27. The van der Waals surface area contributed by atoms with Crippen LogP contribution in [-0.2, 0) is 0 Å². The van der Waals surface area contributed by atoms with Crippen LogP contribution in [0.2, 0.25) is 0 Å². The van der Waals surface area contributed by atoms with Gasteiger partial charge in [0, 0.05) is 14.1 Å². The van der Waals surface area contributed by atoms with E-state index >= 15 is 0 Å². The van der Waals surface area contributed by atoms with Crippen LogP contribution in [0, 0.1) is 6.07 Å². The number of fused-ring (bicyclic) bond motifs is 1. The number of nitrogens with zero attached hydrogens (tertiary/aromatic N) is 3. The summed E-state index contributed by atoms with van der Waals surface area (Å²) in [5, 5.41) is 0. The van der Waals surface area contributed by atoms with E-state index in [9.17, 15) is 0 Å². The van der Waals surface area contributed by atoms with E-state index in [2.05, 4.69) is 16.0 Å². The van der Waals surface area contributed by atoms with E-state index in [4.69, 9.17) is 0 Å². The summed E-state index contributed by atoms with van der Waals surface area (Å²) in [6.07, 6.45) is 1.76. The average molecular weight is 172 g/mol. The van der Waals surface area contributed by atoms with Crippen molar-refractivity contribution in [2.24, 2.45) is 0 Å². The number of hydrogen-bond donors (Lipinski definition) is 0. The molecule has 3 heteroatoms. The molecule has 0 saturated heterocycles. The van der Waals surface area contributed by atoms with Gasteiger partial charge in [-0.1, -0.05) is 6.07 Å². The van der Waals surface area contributed by atoms with Gasteiger partial charge in [-0.05, 0) is 18.2 Å². The van der Waals surface area contributed by atoms with Gasteiger partial charge in [-0.2, -0.15) is 0 Å². The highest BCUT2D eigenvalue weighted by Gasteiger charge is 1.99. The van der Waals surface area contributed by atoms with Gasteiger partial charge in [0.25, 0.3) is 0 Å². The molecular weight excluding hydrogens is 162 g/mol. The average Bonchev–Trinajstić information content (AvgIpc) is 2.17. The van der Waals surface area contributed by atoms with Crippen LogP contribution in [0.25, 0.3) is 11.0 Å². The van der Waals surface area contributed by atoms with Gasteiger partial charge in [0.05, 0.1) is 17.2 Å². The Bertz CT molecular complexity index is 423. The minimum Gasteiger partial charge on any atom is -0.361 e. The Morgan fingerprint density at radius 3 is 2.92 bits per heavy atom. The maximum absolute atomic E-state index is 4.42. The second-order valence-corrected chi connectivity index (χ2v) is 3.04. The summed E-state index contributed by atoms with van der Waals surface area (Å²) in [4.78, 5) is 10.6. The van der Waals surface area contributed by atoms with Crippen molar-refractivity contribution in [1.29, 1.82) is 0 Å². The molecule has 13 heavy (non-hydrogen) atoms. The molecule has 65 valence electrons. The van der Waals surface area contributed by atoms with Crippen LogP contribution >= 0.6 is 0 Å². The number of hydrogen-bond acceptors (Lipinski definition) is 3. The Labute approximate surface area is 77.0 Å². The van der Waals surface area contributed by atoms with Crippen LogP contribution in [0.4, 0.5) is 5.82 Å². The molecule has 0 saturated carbocycles. The predicted octanol–water partition coefficient (Wildman–Crippen LogP) is 1.50. The Morgan fingerprint density at radius 1 is 1.31 bits per heavy atom. The first-order valence-corrected chi connectivity index (χ1v) is 4.07. The number of aromatic nitrogens is 2. The van der Waals surface area contributed by atoms with Gasteiger partial charge in [-0.25, -0.2) is 4.98 Å². The SMILES string of the molecule is CN(C)c1cnc2c[c]ccc2n1. The third kappa shape index (κ3) is 1.45. The molecule has 0 aliphatic heterocycles. The van der Waals surface area contributed by atoms with Gasteiger partial charge in [-0.15, -0.1) is 0 Å². The zero-order chi connectivity index (χ0) is 9.26. The smallest absolute Gasteiger partial charge is 0.147 e. The van der Waals surface area contributed by atoms with Crippen LogP contribution in [-0.4, -0.2) is 24.1 Å². The van der Waals surface area contributed by atoms with Crippen molar-refractivity contribution in [3.8, 4) is 0 Å².